The first-order valence-corrected chi connectivity index (χ1v) is 8.13. The van der Waals surface area contributed by atoms with Gasteiger partial charge in [-0.2, -0.15) is 0 Å². The highest BCUT2D eigenvalue weighted by Crippen LogP contribution is 2.31. The van der Waals surface area contributed by atoms with Crippen LogP contribution >= 0.6 is 0 Å². The molecule has 1 aliphatic heterocycles. The molecule has 0 unspecified atom stereocenters. The van der Waals surface area contributed by atoms with Gasteiger partial charge in [-0.05, 0) is 37.3 Å². The molecule has 0 aromatic heterocycles. The van der Waals surface area contributed by atoms with Crippen molar-refractivity contribution in [3.05, 3.63) is 48.0 Å². The summed E-state index contributed by atoms with van der Waals surface area (Å²) in [6.45, 7) is 2.39. The van der Waals surface area contributed by atoms with Crippen molar-refractivity contribution in [1.29, 1.82) is 0 Å². The Balaban J connectivity index is 1.64. The van der Waals surface area contributed by atoms with E-state index in [-0.39, 0.29) is 5.56 Å². The molecule has 0 saturated heterocycles. The fraction of sp³-hybridized carbons (Fsp3) is 0.263. The van der Waals surface area contributed by atoms with Crippen LogP contribution < -0.4 is 19.5 Å². The maximum Gasteiger partial charge on any atom is 0.339 e. The Hall–Kier alpha value is -3.22. The highest BCUT2D eigenvalue weighted by atomic mass is 16.6. The molecule has 3 rings (SSSR count). The molecular formula is C19H19NO6. The summed E-state index contributed by atoms with van der Waals surface area (Å²) in [6.07, 6.45) is -0.986. The van der Waals surface area contributed by atoms with Gasteiger partial charge in [-0.1, -0.05) is 12.1 Å². The van der Waals surface area contributed by atoms with Crippen LogP contribution in [-0.4, -0.2) is 38.3 Å². The number of hydrogen-bond acceptors (Lipinski definition) is 6. The van der Waals surface area contributed by atoms with Gasteiger partial charge in [0.1, 0.15) is 19.0 Å². The van der Waals surface area contributed by atoms with Crippen LogP contribution in [0.5, 0.6) is 17.2 Å². The number of amides is 1. The molecule has 7 heteroatoms. The van der Waals surface area contributed by atoms with Gasteiger partial charge in [0.2, 0.25) is 0 Å². The van der Waals surface area contributed by atoms with Gasteiger partial charge in [0.25, 0.3) is 5.91 Å². The van der Waals surface area contributed by atoms with Crippen molar-refractivity contribution in [2.45, 2.75) is 13.0 Å². The van der Waals surface area contributed by atoms with E-state index >= 15 is 0 Å². The second-order valence-corrected chi connectivity index (χ2v) is 5.60. The Labute approximate surface area is 150 Å². The first kappa shape index (κ1) is 17.6. The molecule has 26 heavy (non-hydrogen) atoms. The van der Waals surface area contributed by atoms with Crippen molar-refractivity contribution in [2.75, 3.05) is 25.6 Å². The SMILES string of the molecule is COc1ccccc1NC(=O)[C@@H](C)OC(=O)c1ccc2c(c1)OCCO2. The molecular weight excluding hydrogens is 338 g/mol. The summed E-state index contributed by atoms with van der Waals surface area (Å²) < 4.78 is 21.3. The zero-order valence-electron chi connectivity index (χ0n) is 14.5. The summed E-state index contributed by atoms with van der Waals surface area (Å²) >= 11 is 0. The number of fused-ring (bicyclic) bond motifs is 1. The average Bonchev–Trinajstić information content (AvgIpc) is 2.67. The van der Waals surface area contributed by atoms with Crippen molar-refractivity contribution in [3.63, 3.8) is 0 Å². The standard InChI is InChI=1S/C19H19NO6/c1-12(18(21)20-14-5-3-4-6-15(14)23-2)26-19(22)13-7-8-16-17(11-13)25-10-9-24-16/h3-8,11-12H,9-10H2,1-2H3,(H,20,21)/t12-/m1/s1. The second-order valence-electron chi connectivity index (χ2n) is 5.60. The Bertz CT molecular complexity index is 819. The first-order chi connectivity index (χ1) is 12.6. The van der Waals surface area contributed by atoms with Gasteiger partial charge in [0.05, 0.1) is 18.4 Å². The second kappa shape index (κ2) is 7.77. The van der Waals surface area contributed by atoms with Gasteiger partial charge in [0, 0.05) is 0 Å². The van der Waals surface area contributed by atoms with Crippen LogP contribution in [0, 0.1) is 0 Å². The van der Waals surface area contributed by atoms with E-state index in [0.717, 1.165) is 0 Å². The fourth-order valence-electron chi connectivity index (χ4n) is 2.43. The summed E-state index contributed by atoms with van der Waals surface area (Å²) in [5.41, 5.74) is 0.786. The minimum absolute atomic E-state index is 0.284. The Morgan fingerprint density at radius 1 is 1.08 bits per heavy atom. The largest absolute Gasteiger partial charge is 0.495 e. The normalized spacial score (nSPS) is 13.5. The molecule has 0 radical (unpaired) electrons. The van der Waals surface area contributed by atoms with E-state index in [2.05, 4.69) is 5.32 Å². The highest BCUT2D eigenvalue weighted by molar-refractivity contribution is 5.98. The molecule has 0 bridgehead atoms. The third-order valence-corrected chi connectivity index (χ3v) is 3.80. The van der Waals surface area contributed by atoms with Crippen LogP contribution in [0.15, 0.2) is 42.5 Å². The van der Waals surface area contributed by atoms with E-state index in [4.69, 9.17) is 18.9 Å². The lowest BCUT2D eigenvalue weighted by atomic mass is 10.2. The van der Waals surface area contributed by atoms with Gasteiger partial charge in [-0.3, -0.25) is 4.79 Å². The Kier molecular flexibility index (Phi) is 5.26. The number of benzene rings is 2. The predicted molar refractivity (Wildman–Crippen MR) is 93.9 cm³/mol. The Morgan fingerprint density at radius 2 is 1.81 bits per heavy atom. The van der Waals surface area contributed by atoms with Crippen LogP contribution in [0.4, 0.5) is 5.69 Å². The lowest BCUT2D eigenvalue weighted by Crippen LogP contribution is -2.30. The van der Waals surface area contributed by atoms with Gasteiger partial charge < -0.3 is 24.3 Å². The minimum atomic E-state index is -0.986. The Morgan fingerprint density at radius 3 is 2.58 bits per heavy atom. The van der Waals surface area contributed by atoms with Gasteiger partial charge >= 0.3 is 5.97 Å². The summed E-state index contributed by atoms with van der Waals surface area (Å²) in [7, 11) is 1.51. The third-order valence-electron chi connectivity index (χ3n) is 3.80. The van der Waals surface area contributed by atoms with E-state index in [1.807, 2.05) is 0 Å². The molecule has 1 aliphatic rings. The molecule has 1 N–H and O–H groups in total. The molecule has 0 spiro atoms. The van der Waals surface area contributed by atoms with E-state index in [0.29, 0.717) is 36.1 Å². The summed E-state index contributed by atoms with van der Waals surface area (Å²) in [6, 6.07) is 11.7. The van der Waals surface area contributed by atoms with Crippen LogP contribution in [0.2, 0.25) is 0 Å². The number of methoxy groups -OCH3 is 1. The maximum absolute atomic E-state index is 12.3. The number of hydrogen-bond donors (Lipinski definition) is 1. The van der Waals surface area contributed by atoms with Crippen molar-refractivity contribution in [1.82, 2.24) is 0 Å². The summed E-state index contributed by atoms with van der Waals surface area (Å²) in [5.74, 6) is 0.503. The number of esters is 1. The first-order valence-electron chi connectivity index (χ1n) is 8.13. The smallest absolute Gasteiger partial charge is 0.339 e. The van der Waals surface area contributed by atoms with Gasteiger partial charge in [0.15, 0.2) is 17.6 Å². The molecule has 0 aliphatic carbocycles. The lowest BCUT2D eigenvalue weighted by molar-refractivity contribution is -0.123. The third kappa shape index (κ3) is 3.88. The molecule has 7 nitrogen and oxygen atoms in total. The van der Waals surface area contributed by atoms with Crippen LogP contribution in [-0.2, 0) is 9.53 Å². The molecule has 1 atom stereocenters. The van der Waals surface area contributed by atoms with Crippen molar-refractivity contribution in [3.8, 4) is 17.2 Å². The fourth-order valence-corrected chi connectivity index (χ4v) is 2.43. The van der Waals surface area contributed by atoms with Crippen LogP contribution in [0.25, 0.3) is 0 Å². The van der Waals surface area contributed by atoms with Crippen LogP contribution in [0.3, 0.4) is 0 Å². The summed E-state index contributed by atoms with van der Waals surface area (Å²) in [5, 5.41) is 2.68. The molecule has 0 saturated carbocycles. The molecule has 1 amide bonds. The van der Waals surface area contributed by atoms with Crippen molar-refractivity contribution < 1.29 is 28.5 Å². The van der Waals surface area contributed by atoms with Gasteiger partial charge in [-0.25, -0.2) is 4.79 Å². The van der Waals surface area contributed by atoms with E-state index in [1.54, 1.807) is 42.5 Å². The maximum atomic E-state index is 12.3. The lowest BCUT2D eigenvalue weighted by Gasteiger charge is -2.19. The number of carbonyl (C=O) groups is 2. The highest BCUT2D eigenvalue weighted by Gasteiger charge is 2.22. The molecule has 1 heterocycles. The predicted octanol–water partition coefficient (Wildman–Crippen LogP) is 2.65. The van der Waals surface area contributed by atoms with Crippen LogP contribution in [0.1, 0.15) is 17.3 Å². The number of ether oxygens (including phenoxy) is 4. The average molecular weight is 357 g/mol. The molecule has 0 fully saturated rings. The van der Waals surface area contributed by atoms with E-state index in [9.17, 15) is 9.59 Å². The molecule has 136 valence electrons. The van der Waals surface area contributed by atoms with Gasteiger partial charge in [-0.15, -0.1) is 0 Å². The number of para-hydroxylation sites is 2. The molecule has 2 aromatic carbocycles. The van der Waals surface area contributed by atoms with Crippen molar-refractivity contribution in [2.24, 2.45) is 0 Å². The summed E-state index contributed by atoms with van der Waals surface area (Å²) in [4.78, 5) is 24.6. The van der Waals surface area contributed by atoms with E-state index < -0.39 is 18.0 Å². The number of rotatable bonds is 5. The monoisotopic (exact) mass is 357 g/mol. The zero-order valence-corrected chi connectivity index (χ0v) is 14.5. The topological polar surface area (TPSA) is 83.1 Å². The number of anilines is 1. The quantitative estimate of drug-likeness (QED) is 0.829. The van der Waals surface area contributed by atoms with E-state index in [1.165, 1.54) is 14.0 Å². The number of nitrogens with one attached hydrogen (secondary N) is 1. The number of carbonyl (C=O) groups excluding carboxylic acids is 2. The zero-order chi connectivity index (χ0) is 18.5. The van der Waals surface area contributed by atoms with Crippen molar-refractivity contribution >= 4 is 17.6 Å². The minimum Gasteiger partial charge on any atom is -0.495 e. The molecule has 2 aromatic rings.